The van der Waals surface area contributed by atoms with Gasteiger partial charge >= 0.3 is 0 Å². The van der Waals surface area contributed by atoms with Crippen LogP contribution < -0.4 is 0 Å². The molecule has 4 bridgehead atoms. The van der Waals surface area contributed by atoms with E-state index in [1.165, 1.54) is 18.2 Å². The van der Waals surface area contributed by atoms with Crippen LogP contribution in [0.5, 0.6) is 0 Å². The lowest BCUT2D eigenvalue weighted by Gasteiger charge is -2.52. The maximum atomic E-state index is 12.1. The third-order valence-corrected chi connectivity index (χ3v) is 17.8. The Balaban J connectivity index is 1.80. The summed E-state index contributed by atoms with van der Waals surface area (Å²) >= 11 is 82.8. The van der Waals surface area contributed by atoms with Gasteiger partial charge in [0.05, 0.1) is 25.0 Å². The van der Waals surface area contributed by atoms with Crippen LogP contribution in [0.3, 0.4) is 0 Å². The van der Waals surface area contributed by atoms with Crippen LogP contribution in [0.15, 0.2) is 43.2 Å². The first-order valence-corrected chi connectivity index (χ1v) is 15.9. The van der Waals surface area contributed by atoms with Crippen molar-refractivity contribution in [3.05, 3.63) is 49.5 Å². The standard InChI is InChI=1S/C20H8Cl12O3S/c21-11-13(23)17(27)9-7(15(11,25)19(17,29)30)5-2-1-4(36(33,34)35)3-6(5)8-10(9)18(28)14(24)12(22)16(8,26)20(18,31)32/h1-3,7-10H,(H,33,34,35)/t7-,8-,9+,10+,15+,16+,17+,18+/m1/s1. The van der Waals surface area contributed by atoms with E-state index in [0.717, 1.165) is 0 Å². The molecule has 0 unspecified atom stereocenters. The average Bonchev–Trinajstić information content (AvgIpc) is 3.12. The van der Waals surface area contributed by atoms with Gasteiger partial charge in [0.1, 0.15) is 19.5 Å². The van der Waals surface area contributed by atoms with E-state index in [1.807, 2.05) is 0 Å². The summed E-state index contributed by atoms with van der Waals surface area (Å²) in [6.07, 6.45) is 0. The smallest absolute Gasteiger partial charge is 0.282 e. The quantitative estimate of drug-likeness (QED) is 0.230. The highest BCUT2D eigenvalue weighted by molar-refractivity contribution is 7.85. The summed E-state index contributed by atoms with van der Waals surface area (Å²) in [5, 5.41) is -0.404. The fraction of sp³-hybridized carbons (Fsp3) is 0.500. The molecule has 0 radical (unpaired) electrons. The molecule has 2 fully saturated rings. The van der Waals surface area contributed by atoms with Gasteiger partial charge in [-0.1, -0.05) is 98.9 Å². The lowest BCUT2D eigenvalue weighted by atomic mass is 9.57. The molecule has 0 aromatic heterocycles. The Labute approximate surface area is 265 Å². The molecule has 5 aliphatic carbocycles. The highest BCUT2D eigenvalue weighted by Crippen LogP contribution is 2.88. The first-order chi connectivity index (χ1) is 16.2. The average molecular weight is 754 g/mol. The van der Waals surface area contributed by atoms with Gasteiger partial charge in [0.2, 0.25) is 0 Å². The molecule has 0 aliphatic heterocycles. The van der Waals surface area contributed by atoms with E-state index in [1.54, 1.807) is 0 Å². The number of halogens is 12. The summed E-state index contributed by atoms with van der Waals surface area (Å²) in [5.41, 5.74) is 0.705. The van der Waals surface area contributed by atoms with Crippen LogP contribution in [-0.4, -0.2) is 41.1 Å². The molecule has 36 heavy (non-hydrogen) atoms. The molecule has 1 aromatic carbocycles. The fourth-order valence-electron chi connectivity index (χ4n) is 7.04. The summed E-state index contributed by atoms with van der Waals surface area (Å²) in [6, 6.07) is 3.85. The number of fused-ring (bicyclic) bond motifs is 14. The van der Waals surface area contributed by atoms with Crippen molar-refractivity contribution in [3.8, 4) is 0 Å². The van der Waals surface area contributed by atoms with Gasteiger partial charge in [-0.15, -0.1) is 46.4 Å². The lowest BCUT2D eigenvalue weighted by Crippen LogP contribution is -2.53. The number of benzene rings is 1. The van der Waals surface area contributed by atoms with Gasteiger partial charge in [0.25, 0.3) is 10.1 Å². The number of allylic oxidation sites excluding steroid dienone is 4. The van der Waals surface area contributed by atoms with Crippen molar-refractivity contribution in [3.63, 3.8) is 0 Å². The van der Waals surface area contributed by atoms with Crippen molar-refractivity contribution in [2.75, 3.05) is 0 Å². The van der Waals surface area contributed by atoms with Crippen LogP contribution in [0.1, 0.15) is 23.0 Å². The molecule has 0 spiro atoms. The Morgan fingerprint density at radius 1 is 0.611 bits per heavy atom. The molecule has 196 valence electrons. The maximum Gasteiger partial charge on any atom is 0.294 e. The van der Waals surface area contributed by atoms with Crippen LogP contribution >= 0.6 is 139 Å². The van der Waals surface area contributed by atoms with Gasteiger partial charge in [-0.3, -0.25) is 4.55 Å². The minimum Gasteiger partial charge on any atom is -0.282 e. The molecular formula is C20H8Cl12O3S. The number of hydrogen-bond acceptors (Lipinski definition) is 2. The van der Waals surface area contributed by atoms with Crippen molar-refractivity contribution in [1.29, 1.82) is 0 Å². The molecule has 0 saturated heterocycles. The van der Waals surface area contributed by atoms with Gasteiger partial charge in [0.15, 0.2) is 8.67 Å². The molecule has 16 heteroatoms. The highest BCUT2D eigenvalue weighted by Gasteiger charge is 2.91. The van der Waals surface area contributed by atoms with Crippen LogP contribution in [-0.2, 0) is 10.1 Å². The maximum absolute atomic E-state index is 12.1. The van der Waals surface area contributed by atoms with Gasteiger partial charge in [-0.2, -0.15) is 8.42 Å². The summed E-state index contributed by atoms with van der Waals surface area (Å²) in [4.78, 5) is -7.73. The van der Waals surface area contributed by atoms with Gasteiger partial charge in [-0.25, -0.2) is 0 Å². The van der Waals surface area contributed by atoms with E-state index < -0.39 is 66.8 Å². The van der Waals surface area contributed by atoms with E-state index in [0.29, 0.717) is 5.56 Å². The van der Waals surface area contributed by atoms with Crippen molar-refractivity contribution in [2.45, 2.75) is 44.9 Å². The third-order valence-electron chi connectivity index (χ3n) is 8.40. The molecule has 6 rings (SSSR count). The van der Waals surface area contributed by atoms with Crippen LogP contribution in [0.25, 0.3) is 0 Å². The summed E-state index contributed by atoms with van der Waals surface area (Å²) in [6.45, 7) is 0. The first-order valence-electron chi connectivity index (χ1n) is 9.96. The van der Waals surface area contributed by atoms with Gasteiger partial charge < -0.3 is 0 Å². The van der Waals surface area contributed by atoms with Crippen LogP contribution in [0.2, 0.25) is 0 Å². The minimum atomic E-state index is -4.65. The second-order valence-corrected chi connectivity index (χ2v) is 17.5. The van der Waals surface area contributed by atoms with Crippen molar-refractivity contribution < 1.29 is 13.0 Å². The first kappa shape index (κ1) is 28.2. The van der Waals surface area contributed by atoms with Crippen molar-refractivity contribution >= 4 is 149 Å². The Bertz CT molecular complexity index is 1470. The number of hydrogen-bond donors (Lipinski definition) is 1. The zero-order valence-corrected chi connectivity index (χ0v) is 26.6. The SMILES string of the molecule is O=S(=O)(O)c1ccc2c(c1)[C@@H]1[C@@H]([C@@H]3[C@@H]2[C@]2(Cl)C(Cl)=C(Cl)[C@]3(Cl)C2(Cl)Cl)[C@]2(Cl)C(Cl)=C(Cl)[C@]1(Cl)C2(Cl)Cl. The second-order valence-electron chi connectivity index (χ2n) is 9.52. The van der Waals surface area contributed by atoms with Gasteiger partial charge in [-0.05, 0) is 23.3 Å². The Kier molecular flexibility index (Phi) is 5.90. The lowest BCUT2D eigenvalue weighted by molar-refractivity contribution is 0.201. The van der Waals surface area contributed by atoms with Gasteiger partial charge in [0, 0.05) is 23.7 Å². The predicted molar refractivity (Wildman–Crippen MR) is 149 cm³/mol. The zero-order chi connectivity index (χ0) is 27.0. The molecule has 1 aromatic rings. The molecule has 2 saturated carbocycles. The Morgan fingerprint density at radius 2 is 0.972 bits per heavy atom. The molecule has 5 aliphatic rings. The summed E-state index contributed by atoms with van der Waals surface area (Å²) in [5.74, 6) is -3.79. The molecule has 0 heterocycles. The van der Waals surface area contributed by atoms with Crippen LogP contribution in [0, 0.1) is 11.8 Å². The number of alkyl halides is 8. The fourth-order valence-corrected chi connectivity index (χ4v) is 13.6. The monoisotopic (exact) mass is 748 g/mol. The molecule has 8 atom stereocenters. The van der Waals surface area contributed by atoms with E-state index in [9.17, 15) is 13.0 Å². The minimum absolute atomic E-state index is 0.0783. The van der Waals surface area contributed by atoms with E-state index >= 15 is 0 Å². The largest absolute Gasteiger partial charge is 0.294 e. The van der Waals surface area contributed by atoms with E-state index in [-0.39, 0.29) is 25.7 Å². The highest BCUT2D eigenvalue weighted by atomic mass is 35.5. The van der Waals surface area contributed by atoms with Crippen molar-refractivity contribution in [1.82, 2.24) is 0 Å². The molecular weight excluding hydrogens is 746 g/mol. The zero-order valence-electron chi connectivity index (χ0n) is 16.7. The van der Waals surface area contributed by atoms with E-state index in [4.69, 9.17) is 139 Å². The normalized spacial score (nSPS) is 47.4. The second kappa shape index (κ2) is 7.53. The summed E-state index contributed by atoms with van der Waals surface area (Å²) < 4.78 is 29.9. The predicted octanol–water partition coefficient (Wildman–Crippen LogP) is 9.04. The van der Waals surface area contributed by atoms with E-state index in [2.05, 4.69) is 0 Å². The molecule has 1 N–H and O–H groups in total. The Morgan fingerprint density at radius 3 is 1.36 bits per heavy atom. The Hall–Kier alpha value is 2.09. The number of rotatable bonds is 1. The third kappa shape index (κ3) is 2.51. The molecule has 0 amide bonds. The van der Waals surface area contributed by atoms with Crippen molar-refractivity contribution in [2.24, 2.45) is 11.8 Å². The topological polar surface area (TPSA) is 54.4 Å². The summed E-state index contributed by atoms with van der Waals surface area (Å²) in [7, 11) is -4.65. The van der Waals surface area contributed by atoms with Crippen LogP contribution in [0.4, 0.5) is 0 Å². The molecule has 3 nitrogen and oxygen atoms in total.